The number of methoxy groups -OCH3 is 1. The Hall–Kier alpha value is -1.55. The van der Waals surface area contributed by atoms with E-state index < -0.39 is 0 Å². The van der Waals surface area contributed by atoms with Gasteiger partial charge in [-0.15, -0.1) is 11.3 Å². The number of ether oxygens (including phenoxy) is 1. The van der Waals surface area contributed by atoms with Crippen LogP contribution in [0.1, 0.15) is 10.6 Å². The minimum atomic E-state index is 0.871. The molecule has 0 spiro atoms. The highest BCUT2D eigenvalue weighted by molar-refractivity contribution is 7.15. The van der Waals surface area contributed by atoms with Crippen LogP contribution < -0.4 is 10.1 Å². The van der Waals surface area contributed by atoms with Crippen molar-refractivity contribution in [3.05, 3.63) is 41.0 Å². The van der Waals surface area contributed by atoms with Gasteiger partial charge in [-0.3, -0.25) is 0 Å². The normalized spacial score (nSPS) is 10.1. The number of hydrogen-bond acceptors (Lipinski definition) is 4. The third kappa shape index (κ3) is 2.52. The molecule has 84 valence electrons. The van der Waals surface area contributed by atoms with Crippen molar-refractivity contribution in [2.75, 3.05) is 19.5 Å². The quantitative estimate of drug-likeness (QED) is 0.883. The summed E-state index contributed by atoms with van der Waals surface area (Å²) in [7, 11) is 3.58. The van der Waals surface area contributed by atoms with Crippen molar-refractivity contribution in [1.29, 1.82) is 0 Å². The molecule has 0 saturated carbocycles. The van der Waals surface area contributed by atoms with Crippen LogP contribution in [0.5, 0.6) is 5.75 Å². The molecule has 1 aromatic heterocycles. The molecule has 2 aromatic rings. The van der Waals surface area contributed by atoms with Crippen LogP contribution >= 0.6 is 11.3 Å². The third-order valence-corrected chi connectivity index (χ3v) is 3.33. The molecule has 0 aliphatic heterocycles. The van der Waals surface area contributed by atoms with Gasteiger partial charge in [-0.25, -0.2) is 4.98 Å². The first kappa shape index (κ1) is 11.0. The van der Waals surface area contributed by atoms with E-state index in [0.717, 1.165) is 22.2 Å². The van der Waals surface area contributed by atoms with Crippen molar-refractivity contribution < 1.29 is 4.74 Å². The Kier molecular flexibility index (Phi) is 3.41. The highest BCUT2D eigenvalue weighted by atomic mass is 32.1. The molecule has 1 aromatic carbocycles. The Morgan fingerprint density at radius 3 is 2.62 bits per heavy atom. The summed E-state index contributed by atoms with van der Waals surface area (Å²) in [5.74, 6) is 0.888. The molecule has 1 N–H and O–H groups in total. The van der Waals surface area contributed by atoms with Crippen molar-refractivity contribution in [3.8, 4) is 5.75 Å². The van der Waals surface area contributed by atoms with Crippen molar-refractivity contribution in [3.63, 3.8) is 0 Å². The topological polar surface area (TPSA) is 34.2 Å². The molecule has 4 heteroatoms. The molecule has 1 heterocycles. The van der Waals surface area contributed by atoms with E-state index in [1.54, 1.807) is 18.4 Å². The Morgan fingerprint density at radius 1 is 1.31 bits per heavy atom. The number of anilines is 1. The zero-order valence-corrected chi connectivity index (χ0v) is 10.2. The van der Waals surface area contributed by atoms with E-state index >= 15 is 0 Å². The van der Waals surface area contributed by atoms with Crippen LogP contribution in [0.15, 0.2) is 30.5 Å². The Balaban J connectivity index is 2.08. The van der Waals surface area contributed by atoms with Crippen molar-refractivity contribution in [2.24, 2.45) is 0 Å². The monoisotopic (exact) mass is 234 g/mol. The van der Waals surface area contributed by atoms with Gasteiger partial charge in [0.2, 0.25) is 0 Å². The van der Waals surface area contributed by atoms with Crippen LogP contribution in [-0.2, 0) is 6.42 Å². The summed E-state index contributed by atoms with van der Waals surface area (Å²) >= 11 is 1.68. The Bertz CT molecular complexity index is 450. The maximum atomic E-state index is 5.12. The van der Waals surface area contributed by atoms with E-state index in [4.69, 9.17) is 4.74 Å². The SMILES string of the molecule is CNc1cnc(Cc2ccc(OC)cc2)s1. The lowest BCUT2D eigenvalue weighted by atomic mass is 10.1. The van der Waals surface area contributed by atoms with Gasteiger partial charge in [-0.1, -0.05) is 12.1 Å². The lowest BCUT2D eigenvalue weighted by Gasteiger charge is -2.01. The predicted molar refractivity (Wildman–Crippen MR) is 67.5 cm³/mol. The van der Waals surface area contributed by atoms with Crippen LogP contribution in [0, 0.1) is 0 Å². The molecule has 0 amide bonds. The smallest absolute Gasteiger partial charge is 0.118 e. The largest absolute Gasteiger partial charge is 0.497 e. The summed E-state index contributed by atoms with van der Waals surface area (Å²) < 4.78 is 5.12. The van der Waals surface area contributed by atoms with E-state index in [0.29, 0.717) is 0 Å². The van der Waals surface area contributed by atoms with Crippen LogP contribution in [0.4, 0.5) is 5.00 Å². The zero-order chi connectivity index (χ0) is 11.4. The van der Waals surface area contributed by atoms with Crippen molar-refractivity contribution in [2.45, 2.75) is 6.42 Å². The highest BCUT2D eigenvalue weighted by Gasteiger charge is 2.02. The van der Waals surface area contributed by atoms with Gasteiger partial charge < -0.3 is 10.1 Å². The number of rotatable bonds is 4. The second kappa shape index (κ2) is 4.99. The van der Waals surface area contributed by atoms with E-state index in [1.807, 2.05) is 25.4 Å². The lowest BCUT2D eigenvalue weighted by molar-refractivity contribution is 0.414. The average molecular weight is 234 g/mol. The number of thiazole rings is 1. The summed E-state index contributed by atoms with van der Waals surface area (Å²) in [5.41, 5.74) is 1.25. The minimum Gasteiger partial charge on any atom is -0.497 e. The maximum absolute atomic E-state index is 5.12. The molecule has 0 atom stereocenters. The predicted octanol–water partition coefficient (Wildman–Crippen LogP) is 2.78. The van der Waals surface area contributed by atoms with Gasteiger partial charge in [0.25, 0.3) is 0 Å². The van der Waals surface area contributed by atoms with Gasteiger partial charge in [0.1, 0.15) is 10.8 Å². The number of hydrogen-bond donors (Lipinski definition) is 1. The summed E-state index contributed by atoms with van der Waals surface area (Å²) in [6.07, 6.45) is 2.74. The molecule has 2 rings (SSSR count). The van der Waals surface area contributed by atoms with Gasteiger partial charge in [0.05, 0.1) is 18.3 Å². The Morgan fingerprint density at radius 2 is 2.06 bits per heavy atom. The lowest BCUT2D eigenvalue weighted by Crippen LogP contribution is -1.87. The van der Waals surface area contributed by atoms with Crippen LogP contribution in [0.25, 0.3) is 0 Å². The molecule has 0 aliphatic rings. The molecule has 0 radical (unpaired) electrons. The van der Waals surface area contributed by atoms with Gasteiger partial charge in [-0.05, 0) is 17.7 Å². The number of aromatic nitrogens is 1. The zero-order valence-electron chi connectivity index (χ0n) is 9.36. The molecule has 3 nitrogen and oxygen atoms in total. The standard InChI is InChI=1S/C12H14N2OS/c1-13-12-8-14-11(16-12)7-9-3-5-10(15-2)6-4-9/h3-6,8,13H,7H2,1-2H3. The van der Waals surface area contributed by atoms with Gasteiger partial charge in [0.15, 0.2) is 0 Å². The van der Waals surface area contributed by atoms with Crippen molar-refractivity contribution >= 4 is 16.3 Å². The molecule has 0 saturated heterocycles. The van der Waals surface area contributed by atoms with Crippen molar-refractivity contribution in [1.82, 2.24) is 4.98 Å². The van der Waals surface area contributed by atoms with E-state index in [1.165, 1.54) is 5.56 Å². The summed E-state index contributed by atoms with van der Waals surface area (Å²) in [5, 5.41) is 5.31. The third-order valence-electron chi connectivity index (χ3n) is 2.31. The fourth-order valence-electron chi connectivity index (χ4n) is 1.43. The van der Waals surface area contributed by atoms with Gasteiger partial charge >= 0.3 is 0 Å². The second-order valence-electron chi connectivity index (χ2n) is 3.39. The van der Waals surface area contributed by atoms with E-state index in [2.05, 4.69) is 22.4 Å². The second-order valence-corrected chi connectivity index (χ2v) is 4.51. The maximum Gasteiger partial charge on any atom is 0.118 e. The first-order valence-electron chi connectivity index (χ1n) is 5.07. The molecule has 0 unspecified atom stereocenters. The molecular weight excluding hydrogens is 220 g/mol. The van der Waals surface area contributed by atoms with E-state index in [9.17, 15) is 0 Å². The highest BCUT2D eigenvalue weighted by Crippen LogP contribution is 2.21. The fraction of sp³-hybridized carbons (Fsp3) is 0.250. The molecular formula is C12H14N2OS. The average Bonchev–Trinajstić information content (AvgIpc) is 2.78. The number of nitrogens with zero attached hydrogens (tertiary/aromatic N) is 1. The minimum absolute atomic E-state index is 0.871. The van der Waals surface area contributed by atoms with E-state index in [-0.39, 0.29) is 0 Å². The molecule has 16 heavy (non-hydrogen) atoms. The molecule has 0 aliphatic carbocycles. The van der Waals surface area contributed by atoms with Crippen LogP contribution in [0.3, 0.4) is 0 Å². The van der Waals surface area contributed by atoms with Crippen LogP contribution in [0.2, 0.25) is 0 Å². The molecule has 0 bridgehead atoms. The van der Waals surface area contributed by atoms with Gasteiger partial charge in [0, 0.05) is 13.5 Å². The summed E-state index contributed by atoms with van der Waals surface area (Å²) in [4.78, 5) is 4.35. The first-order valence-corrected chi connectivity index (χ1v) is 5.89. The number of benzene rings is 1. The molecule has 0 fully saturated rings. The van der Waals surface area contributed by atoms with Gasteiger partial charge in [-0.2, -0.15) is 0 Å². The Labute approximate surface area is 99.1 Å². The summed E-state index contributed by atoms with van der Waals surface area (Å²) in [6, 6.07) is 8.09. The first-order chi connectivity index (χ1) is 7.81. The summed E-state index contributed by atoms with van der Waals surface area (Å²) in [6.45, 7) is 0. The fourth-order valence-corrected chi connectivity index (χ4v) is 2.23. The van der Waals surface area contributed by atoms with Crippen LogP contribution in [-0.4, -0.2) is 19.1 Å². The number of nitrogens with one attached hydrogen (secondary N) is 1.